The summed E-state index contributed by atoms with van der Waals surface area (Å²) in [7, 11) is 0. The Balaban J connectivity index is 3.04. The van der Waals surface area contributed by atoms with Gasteiger partial charge in [0.2, 0.25) is 0 Å². The fourth-order valence-electron chi connectivity index (χ4n) is 0.336. The fraction of sp³-hybridized carbons (Fsp3) is 0.250. The van der Waals surface area contributed by atoms with Crippen LogP contribution in [0.5, 0.6) is 0 Å². The number of rotatable bonds is 0. The summed E-state index contributed by atoms with van der Waals surface area (Å²) in [4.78, 5) is 0. The van der Waals surface area contributed by atoms with Crippen LogP contribution in [0.4, 0.5) is 0 Å². The Bertz CT molecular complexity index is 144. The van der Waals surface area contributed by atoms with E-state index in [0.717, 1.165) is 5.76 Å². The van der Waals surface area contributed by atoms with Crippen LogP contribution in [0.25, 0.3) is 0 Å². The van der Waals surface area contributed by atoms with Gasteiger partial charge in [0.1, 0.15) is 5.76 Å². The summed E-state index contributed by atoms with van der Waals surface area (Å²) in [6, 6.07) is 1.65. The van der Waals surface area contributed by atoms with Crippen molar-refractivity contribution in [1.82, 2.24) is 5.16 Å². The molecular weight excluding hydrogens is 114 g/mol. The first-order valence-electron chi connectivity index (χ1n) is 1.88. The first kappa shape index (κ1) is 4.65. The Kier molecular flexibility index (Phi) is 1.02. The van der Waals surface area contributed by atoms with Gasteiger partial charge in [0.25, 0.3) is 0 Å². The highest BCUT2D eigenvalue weighted by Crippen LogP contribution is 2.05. The van der Waals surface area contributed by atoms with Gasteiger partial charge in [0.05, 0.1) is 0 Å². The molecule has 0 aliphatic rings. The Morgan fingerprint density at radius 1 is 1.86 bits per heavy atom. The molecule has 1 rings (SSSR count). The predicted octanol–water partition coefficient (Wildman–Crippen LogP) is 1.64. The van der Waals surface area contributed by atoms with Crippen molar-refractivity contribution < 1.29 is 4.52 Å². The second kappa shape index (κ2) is 1.54. The van der Waals surface area contributed by atoms with Crippen molar-refractivity contribution >= 4 is 11.6 Å². The molecule has 7 heavy (non-hydrogen) atoms. The molecule has 0 saturated carbocycles. The number of hydrogen-bond acceptors (Lipinski definition) is 2. The van der Waals surface area contributed by atoms with Crippen LogP contribution in [0.2, 0.25) is 5.15 Å². The van der Waals surface area contributed by atoms with Crippen LogP contribution >= 0.6 is 11.6 Å². The largest absolute Gasteiger partial charge is 0.360 e. The van der Waals surface area contributed by atoms with Gasteiger partial charge in [0.15, 0.2) is 5.15 Å². The molecule has 0 aliphatic carbocycles. The third-order valence-electron chi connectivity index (χ3n) is 0.599. The molecule has 0 saturated heterocycles. The zero-order valence-electron chi connectivity index (χ0n) is 3.81. The first-order valence-corrected chi connectivity index (χ1v) is 2.25. The summed E-state index contributed by atoms with van der Waals surface area (Å²) < 4.78 is 4.58. The number of hydrogen-bond donors (Lipinski definition) is 0. The van der Waals surface area contributed by atoms with Crippen LogP contribution in [0.1, 0.15) is 5.76 Å². The molecule has 3 heteroatoms. The van der Waals surface area contributed by atoms with Crippen LogP contribution in [0.3, 0.4) is 0 Å². The smallest absolute Gasteiger partial charge is 0.172 e. The van der Waals surface area contributed by atoms with Gasteiger partial charge in [-0.1, -0.05) is 16.8 Å². The van der Waals surface area contributed by atoms with Crippen molar-refractivity contribution in [3.63, 3.8) is 0 Å². The molecule has 1 heterocycles. The molecule has 1 aromatic heterocycles. The van der Waals surface area contributed by atoms with Gasteiger partial charge in [-0.05, 0) is 6.92 Å². The normalized spacial score (nSPS) is 9.43. The van der Waals surface area contributed by atoms with Crippen molar-refractivity contribution in [1.29, 1.82) is 0 Å². The van der Waals surface area contributed by atoms with Crippen molar-refractivity contribution in [3.8, 4) is 0 Å². The molecule has 0 radical (unpaired) electrons. The molecule has 0 aromatic carbocycles. The zero-order valence-corrected chi connectivity index (χ0v) is 4.57. The Labute approximate surface area is 46.1 Å². The standard InChI is InChI=1S/C4H4ClNO/c1-3-2-4(5)6-7-3/h2H,1H3. The fourth-order valence-corrected chi connectivity index (χ4v) is 0.524. The quantitative estimate of drug-likeness (QED) is 0.516. The molecule has 0 bridgehead atoms. The Morgan fingerprint density at radius 2 is 2.57 bits per heavy atom. The van der Waals surface area contributed by atoms with Crippen molar-refractivity contribution in [2.45, 2.75) is 6.92 Å². The summed E-state index contributed by atoms with van der Waals surface area (Å²) in [5.41, 5.74) is 0. The lowest BCUT2D eigenvalue weighted by Gasteiger charge is -1.65. The van der Waals surface area contributed by atoms with Crippen LogP contribution in [-0.2, 0) is 0 Å². The average Bonchev–Trinajstić information content (AvgIpc) is 1.87. The molecule has 2 nitrogen and oxygen atoms in total. The van der Waals surface area contributed by atoms with Crippen molar-refractivity contribution in [2.75, 3.05) is 0 Å². The van der Waals surface area contributed by atoms with Crippen LogP contribution in [-0.4, -0.2) is 5.16 Å². The first-order chi connectivity index (χ1) is 3.29. The Hall–Kier alpha value is -0.500. The minimum Gasteiger partial charge on any atom is -0.360 e. The summed E-state index contributed by atoms with van der Waals surface area (Å²) >= 11 is 5.36. The lowest BCUT2D eigenvalue weighted by Crippen LogP contribution is -1.51. The lowest BCUT2D eigenvalue weighted by atomic mass is 10.5. The molecule has 0 spiro atoms. The molecule has 0 unspecified atom stereocenters. The highest BCUT2D eigenvalue weighted by molar-refractivity contribution is 6.29. The van der Waals surface area contributed by atoms with E-state index in [0.29, 0.717) is 5.15 Å². The van der Waals surface area contributed by atoms with Gasteiger partial charge in [-0.15, -0.1) is 0 Å². The van der Waals surface area contributed by atoms with Gasteiger partial charge < -0.3 is 4.52 Å². The lowest BCUT2D eigenvalue weighted by molar-refractivity contribution is 0.398. The Morgan fingerprint density at radius 3 is 2.71 bits per heavy atom. The van der Waals surface area contributed by atoms with E-state index in [1.54, 1.807) is 13.0 Å². The predicted molar refractivity (Wildman–Crippen MR) is 26.2 cm³/mol. The highest BCUT2D eigenvalue weighted by Gasteiger charge is 1.90. The minimum atomic E-state index is 0.414. The summed E-state index contributed by atoms with van der Waals surface area (Å²) in [5.74, 6) is 0.741. The summed E-state index contributed by atoms with van der Waals surface area (Å²) in [6.07, 6.45) is 0. The van der Waals surface area contributed by atoms with Crippen molar-refractivity contribution in [3.05, 3.63) is 17.0 Å². The van der Waals surface area contributed by atoms with E-state index in [9.17, 15) is 0 Å². The molecule has 0 fully saturated rings. The molecule has 0 amide bonds. The van der Waals surface area contributed by atoms with E-state index in [-0.39, 0.29) is 0 Å². The van der Waals surface area contributed by atoms with E-state index < -0.39 is 0 Å². The van der Waals surface area contributed by atoms with Crippen LogP contribution in [0, 0.1) is 6.92 Å². The number of aryl methyl sites for hydroxylation is 1. The van der Waals surface area contributed by atoms with Gasteiger partial charge >= 0.3 is 0 Å². The van der Waals surface area contributed by atoms with E-state index in [1.807, 2.05) is 0 Å². The van der Waals surface area contributed by atoms with E-state index in [1.165, 1.54) is 0 Å². The van der Waals surface area contributed by atoms with E-state index in [2.05, 4.69) is 9.68 Å². The molecule has 0 N–H and O–H groups in total. The zero-order chi connectivity index (χ0) is 5.28. The second-order valence-corrected chi connectivity index (χ2v) is 1.65. The molecule has 0 atom stereocenters. The number of nitrogens with zero attached hydrogens (tertiary/aromatic N) is 1. The van der Waals surface area contributed by atoms with Crippen molar-refractivity contribution in [2.24, 2.45) is 0 Å². The summed E-state index contributed by atoms with van der Waals surface area (Å²) in [6.45, 7) is 1.79. The number of aromatic nitrogens is 1. The van der Waals surface area contributed by atoms with Gasteiger partial charge in [0, 0.05) is 6.07 Å². The topological polar surface area (TPSA) is 26.0 Å². The minimum absolute atomic E-state index is 0.414. The third-order valence-corrected chi connectivity index (χ3v) is 0.777. The maximum absolute atomic E-state index is 5.36. The number of halogens is 1. The molecular formula is C4H4ClNO. The summed E-state index contributed by atoms with van der Waals surface area (Å²) in [5, 5.41) is 3.82. The maximum atomic E-state index is 5.36. The molecule has 0 aliphatic heterocycles. The van der Waals surface area contributed by atoms with Gasteiger partial charge in [-0.2, -0.15) is 0 Å². The molecule has 1 aromatic rings. The van der Waals surface area contributed by atoms with Gasteiger partial charge in [-0.3, -0.25) is 0 Å². The SMILES string of the molecule is Cc1cc(Cl)no1. The van der Waals surface area contributed by atoms with Crippen LogP contribution in [0.15, 0.2) is 10.6 Å². The maximum Gasteiger partial charge on any atom is 0.172 e. The monoisotopic (exact) mass is 117 g/mol. The van der Waals surface area contributed by atoms with Crippen LogP contribution < -0.4 is 0 Å². The second-order valence-electron chi connectivity index (χ2n) is 1.26. The highest BCUT2D eigenvalue weighted by atomic mass is 35.5. The van der Waals surface area contributed by atoms with Gasteiger partial charge in [-0.25, -0.2) is 0 Å². The molecule has 38 valence electrons. The average molecular weight is 118 g/mol. The van der Waals surface area contributed by atoms with E-state index >= 15 is 0 Å². The van der Waals surface area contributed by atoms with E-state index in [4.69, 9.17) is 11.6 Å². The third kappa shape index (κ3) is 0.933.